The Morgan fingerprint density at radius 2 is 1.25 bits per heavy atom. The zero-order chi connectivity index (χ0) is 20.7. The molecule has 0 saturated carbocycles. The van der Waals surface area contributed by atoms with Crippen LogP contribution in [-0.4, -0.2) is 37.5 Å². The fourth-order valence-corrected chi connectivity index (χ4v) is 2.64. The van der Waals surface area contributed by atoms with E-state index in [-0.39, 0.29) is 17.9 Å². The smallest absolute Gasteiger partial charge is 0.272 e. The Morgan fingerprint density at radius 3 is 1.64 bits per heavy atom. The maximum Gasteiger partial charge on any atom is 0.272 e. The summed E-state index contributed by atoms with van der Waals surface area (Å²) in [6.07, 6.45) is -5.34. The molecular formula is C22H27F3O3. The normalized spacial score (nSPS) is 14.0. The first-order valence-corrected chi connectivity index (χ1v) is 9.23. The first-order valence-electron chi connectivity index (χ1n) is 9.23. The van der Waals surface area contributed by atoms with Crippen molar-refractivity contribution in [3.63, 3.8) is 0 Å². The van der Waals surface area contributed by atoms with Crippen LogP contribution in [0.15, 0.2) is 48.5 Å². The number of alkyl halides is 3. The van der Waals surface area contributed by atoms with Gasteiger partial charge in [0, 0.05) is 17.9 Å². The minimum atomic E-state index is -3.04. The number of halogens is 3. The lowest BCUT2D eigenvalue weighted by molar-refractivity contribution is 0.0231. The molecule has 154 valence electrons. The average molecular weight is 396 g/mol. The van der Waals surface area contributed by atoms with Crippen molar-refractivity contribution in [1.29, 1.82) is 0 Å². The monoisotopic (exact) mass is 396 g/mol. The standard InChI is InChI=1S/C22H27F3O3/c1-15(12-26)13-27-18-8-4-16(5-9-18)22(2,3)17-6-10-19(11-7-17)28-14-20(23)21(24)25/h4-11,15,20-21,26H,12-14H2,1-3H3. The quantitative estimate of drug-likeness (QED) is 0.614. The minimum absolute atomic E-state index is 0.0743. The molecule has 2 atom stereocenters. The van der Waals surface area contributed by atoms with Gasteiger partial charge in [0.05, 0.1) is 6.61 Å². The number of hydrogen-bond acceptors (Lipinski definition) is 3. The number of ether oxygens (including phenoxy) is 2. The van der Waals surface area contributed by atoms with E-state index in [4.69, 9.17) is 14.6 Å². The van der Waals surface area contributed by atoms with Crippen LogP contribution in [0, 0.1) is 5.92 Å². The van der Waals surface area contributed by atoms with E-state index in [1.165, 1.54) is 0 Å². The van der Waals surface area contributed by atoms with Gasteiger partial charge < -0.3 is 14.6 Å². The van der Waals surface area contributed by atoms with Gasteiger partial charge in [0.1, 0.15) is 18.1 Å². The van der Waals surface area contributed by atoms with Crippen LogP contribution >= 0.6 is 0 Å². The van der Waals surface area contributed by atoms with Crippen molar-refractivity contribution in [2.45, 2.75) is 38.8 Å². The van der Waals surface area contributed by atoms with E-state index >= 15 is 0 Å². The van der Waals surface area contributed by atoms with Crippen molar-refractivity contribution in [1.82, 2.24) is 0 Å². The largest absolute Gasteiger partial charge is 0.493 e. The van der Waals surface area contributed by atoms with E-state index in [0.29, 0.717) is 12.4 Å². The third-order valence-electron chi connectivity index (χ3n) is 4.68. The average Bonchev–Trinajstić information content (AvgIpc) is 2.70. The van der Waals surface area contributed by atoms with Crippen molar-refractivity contribution >= 4 is 0 Å². The van der Waals surface area contributed by atoms with Crippen LogP contribution in [0.25, 0.3) is 0 Å². The predicted molar refractivity (Wildman–Crippen MR) is 103 cm³/mol. The highest BCUT2D eigenvalue weighted by molar-refractivity contribution is 5.41. The molecule has 0 saturated heterocycles. The molecule has 0 spiro atoms. The van der Waals surface area contributed by atoms with Crippen molar-refractivity contribution in [2.24, 2.45) is 5.92 Å². The van der Waals surface area contributed by atoms with Crippen LogP contribution in [0.1, 0.15) is 31.9 Å². The summed E-state index contributed by atoms with van der Waals surface area (Å²) in [6, 6.07) is 14.8. The third-order valence-corrected chi connectivity index (χ3v) is 4.68. The summed E-state index contributed by atoms with van der Waals surface area (Å²) in [6.45, 7) is 5.91. The molecule has 3 nitrogen and oxygen atoms in total. The summed E-state index contributed by atoms with van der Waals surface area (Å²) in [4.78, 5) is 0. The van der Waals surface area contributed by atoms with Crippen molar-refractivity contribution in [3.8, 4) is 11.5 Å². The van der Waals surface area contributed by atoms with E-state index in [1.54, 1.807) is 12.1 Å². The molecule has 0 bridgehead atoms. The van der Waals surface area contributed by atoms with Gasteiger partial charge in [-0.1, -0.05) is 45.0 Å². The molecule has 0 radical (unpaired) electrons. The van der Waals surface area contributed by atoms with Gasteiger partial charge in [-0.2, -0.15) is 0 Å². The van der Waals surface area contributed by atoms with Crippen molar-refractivity contribution in [3.05, 3.63) is 59.7 Å². The van der Waals surface area contributed by atoms with Crippen LogP contribution in [0.2, 0.25) is 0 Å². The number of aliphatic hydroxyl groups excluding tert-OH is 1. The van der Waals surface area contributed by atoms with Gasteiger partial charge in [-0.3, -0.25) is 0 Å². The minimum Gasteiger partial charge on any atom is -0.493 e. The van der Waals surface area contributed by atoms with E-state index in [9.17, 15) is 13.2 Å². The Labute approximate surface area is 164 Å². The highest BCUT2D eigenvalue weighted by atomic mass is 19.3. The Kier molecular flexibility index (Phi) is 7.75. The first-order chi connectivity index (χ1) is 13.2. The molecule has 0 fully saturated rings. The van der Waals surface area contributed by atoms with Gasteiger partial charge in [-0.05, 0) is 35.4 Å². The van der Waals surface area contributed by atoms with E-state index < -0.39 is 19.2 Å². The summed E-state index contributed by atoms with van der Waals surface area (Å²) in [5.74, 6) is 1.17. The summed E-state index contributed by atoms with van der Waals surface area (Å²) < 4.78 is 48.1. The maximum atomic E-state index is 13.0. The fourth-order valence-electron chi connectivity index (χ4n) is 2.64. The van der Waals surface area contributed by atoms with Crippen LogP contribution in [0.5, 0.6) is 11.5 Å². The lowest BCUT2D eigenvalue weighted by Crippen LogP contribution is -2.21. The second-order valence-electron chi connectivity index (χ2n) is 7.43. The first kappa shape index (κ1) is 22.1. The number of aliphatic hydroxyl groups is 1. The van der Waals surface area contributed by atoms with Crippen molar-refractivity contribution < 1.29 is 27.8 Å². The topological polar surface area (TPSA) is 38.7 Å². The third kappa shape index (κ3) is 5.89. The highest BCUT2D eigenvalue weighted by Gasteiger charge is 2.24. The van der Waals surface area contributed by atoms with Gasteiger partial charge >= 0.3 is 0 Å². The molecule has 0 heterocycles. The highest BCUT2D eigenvalue weighted by Crippen LogP contribution is 2.33. The predicted octanol–water partition coefficient (Wildman–Crippen LogP) is 5.00. The molecule has 0 aliphatic heterocycles. The maximum absolute atomic E-state index is 13.0. The lowest BCUT2D eigenvalue weighted by Gasteiger charge is -2.26. The summed E-state index contributed by atoms with van der Waals surface area (Å²) in [5.41, 5.74) is 1.78. The molecule has 28 heavy (non-hydrogen) atoms. The van der Waals surface area contributed by atoms with E-state index in [1.807, 2.05) is 43.3 Å². The number of hydrogen-bond donors (Lipinski definition) is 1. The summed E-state index contributed by atoms with van der Waals surface area (Å²) in [7, 11) is 0. The SMILES string of the molecule is CC(CO)COc1ccc(C(C)(C)c2ccc(OCC(F)C(F)F)cc2)cc1. The Morgan fingerprint density at radius 1 is 0.821 bits per heavy atom. The number of rotatable bonds is 10. The second-order valence-corrected chi connectivity index (χ2v) is 7.43. The molecule has 0 amide bonds. The molecule has 1 N–H and O–H groups in total. The van der Waals surface area contributed by atoms with Gasteiger partial charge in [0.15, 0.2) is 6.17 Å². The van der Waals surface area contributed by atoms with Crippen LogP contribution in [0.3, 0.4) is 0 Å². The molecule has 0 aromatic heterocycles. The Bertz CT molecular complexity index is 715. The van der Waals surface area contributed by atoms with E-state index in [0.717, 1.165) is 16.9 Å². The van der Waals surface area contributed by atoms with Gasteiger partial charge in [-0.25, -0.2) is 13.2 Å². The zero-order valence-corrected chi connectivity index (χ0v) is 16.4. The molecule has 2 aromatic rings. The fraction of sp³-hybridized carbons (Fsp3) is 0.455. The van der Waals surface area contributed by atoms with Crippen LogP contribution in [0.4, 0.5) is 13.2 Å². The van der Waals surface area contributed by atoms with Crippen LogP contribution < -0.4 is 9.47 Å². The second kappa shape index (κ2) is 9.82. The van der Waals surface area contributed by atoms with Crippen molar-refractivity contribution in [2.75, 3.05) is 19.8 Å². The lowest BCUT2D eigenvalue weighted by atomic mass is 9.78. The number of benzene rings is 2. The van der Waals surface area contributed by atoms with Gasteiger partial charge in [-0.15, -0.1) is 0 Å². The summed E-state index contributed by atoms with van der Waals surface area (Å²) in [5, 5.41) is 9.05. The van der Waals surface area contributed by atoms with E-state index in [2.05, 4.69) is 13.8 Å². The van der Waals surface area contributed by atoms with Gasteiger partial charge in [0.2, 0.25) is 0 Å². The van der Waals surface area contributed by atoms with Gasteiger partial charge in [0.25, 0.3) is 6.43 Å². The molecule has 2 rings (SSSR count). The zero-order valence-electron chi connectivity index (χ0n) is 16.4. The molecule has 2 unspecified atom stereocenters. The Hall–Kier alpha value is -2.21. The molecular weight excluding hydrogens is 369 g/mol. The molecule has 0 aliphatic rings. The summed E-state index contributed by atoms with van der Waals surface area (Å²) >= 11 is 0. The molecule has 6 heteroatoms. The van der Waals surface area contributed by atoms with Crippen LogP contribution in [-0.2, 0) is 5.41 Å². The molecule has 2 aromatic carbocycles. The Balaban J connectivity index is 2.03. The molecule has 0 aliphatic carbocycles.